The summed E-state index contributed by atoms with van der Waals surface area (Å²) in [5, 5.41) is 3.42. The van der Waals surface area contributed by atoms with Crippen LogP contribution < -0.4 is 29.0 Å². The molecular formula is C22H30N2O5. The normalized spacial score (nSPS) is 15.5. The van der Waals surface area contributed by atoms with E-state index in [1.807, 2.05) is 24.3 Å². The lowest BCUT2D eigenvalue weighted by molar-refractivity contribution is 0.194. The molecule has 0 radical (unpaired) electrons. The van der Waals surface area contributed by atoms with E-state index in [2.05, 4.69) is 16.3 Å². The molecule has 0 bridgehead atoms. The molecule has 1 N–H and O–H groups in total. The fourth-order valence-corrected chi connectivity index (χ4v) is 3.82. The monoisotopic (exact) mass is 402 g/mol. The van der Waals surface area contributed by atoms with Crippen LogP contribution >= 0.6 is 0 Å². The number of piperazine rings is 1. The zero-order chi connectivity index (χ0) is 20.8. The van der Waals surface area contributed by atoms with Crippen molar-refractivity contribution in [2.75, 3.05) is 61.7 Å². The van der Waals surface area contributed by atoms with Crippen LogP contribution in [0.25, 0.3) is 0 Å². The smallest absolute Gasteiger partial charge is 0.164 e. The Morgan fingerprint density at radius 3 is 1.83 bits per heavy atom. The second-order valence-corrected chi connectivity index (χ2v) is 6.75. The van der Waals surface area contributed by atoms with Crippen LogP contribution in [-0.2, 0) is 0 Å². The highest BCUT2D eigenvalue weighted by molar-refractivity contribution is 5.55. The Morgan fingerprint density at radius 2 is 1.24 bits per heavy atom. The Bertz CT molecular complexity index is 821. The highest BCUT2D eigenvalue weighted by Crippen LogP contribution is 2.43. The Morgan fingerprint density at radius 1 is 0.690 bits per heavy atom. The summed E-state index contributed by atoms with van der Waals surface area (Å²) in [7, 11) is 8.23. The molecular weight excluding hydrogens is 372 g/mol. The minimum Gasteiger partial charge on any atom is -0.496 e. The molecule has 0 amide bonds. The molecule has 7 nitrogen and oxygen atoms in total. The topological polar surface area (TPSA) is 61.4 Å². The van der Waals surface area contributed by atoms with E-state index in [4.69, 9.17) is 23.7 Å². The third-order valence-electron chi connectivity index (χ3n) is 5.27. The fraction of sp³-hybridized carbons (Fsp3) is 0.455. The molecule has 0 aromatic heterocycles. The van der Waals surface area contributed by atoms with Gasteiger partial charge in [0, 0.05) is 37.8 Å². The maximum Gasteiger partial charge on any atom is 0.164 e. The molecule has 1 unspecified atom stereocenters. The third-order valence-corrected chi connectivity index (χ3v) is 5.27. The summed E-state index contributed by atoms with van der Waals surface area (Å²) in [6.07, 6.45) is 0. The average Bonchev–Trinajstić information content (AvgIpc) is 2.79. The quantitative estimate of drug-likeness (QED) is 0.728. The summed E-state index contributed by atoms with van der Waals surface area (Å²) in [5.74, 6) is 3.46. The Labute approximate surface area is 172 Å². The van der Waals surface area contributed by atoms with E-state index in [-0.39, 0.29) is 6.04 Å². The van der Waals surface area contributed by atoms with Crippen LogP contribution in [0.15, 0.2) is 30.3 Å². The molecule has 1 fully saturated rings. The zero-order valence-corrected chi connectivity index (χ0v) is 17.8. The molecule has 1 heterocycles. The van der Waals surface area contributed by atoms with E-state index >= 15 is 0 Å². The Hall–Kier alpha value is -2.64. The molecule has 1 aliphatic heterocycles. The van der Waals surface area contributed by atoms with Crippen LogP contribution in [0.4, 0.5) is 0 Å². The molecule has 158 valence electrons. The van der Waals surface area contributed by atoms with Crippen molar-refractivity contribution < 1.29 is 23.7 Å². The molecule has 2 aromatic rings. The zero-order valence-electron chi connectivity index (χ0n) is 17.8. The molecule has 3 rings (SSSR count). The third kappa shape index (κ3) is 4.36. The summed E-state index contributed by atoms with van der Waals surface area (Å²) in [4.78, 5) is 2.43. The maximum absolute atomic E-state index is 5.75. The minimum atomic E-state index is -0.0355. The van der Waals surface area contributed by atoms with Gasteiger partial charge in [-0.05, 0) is 23.8 Å². The predicted molar refractivity (Wildman–Crippen MR) is 112 cm³/mol. The van der Waals surface area contributed by atoms with Crippen LogP contribution in [0.2, 0.25) is 0 Å². The molecule has 29 heavy (non-hydrogen) atoms. The first-order valence-electron chi connectivity index (χ1n) is 9.63. The van der Waals surface area contributed by atoms with Gasteiger partial charge in [0.15, 0.2) is 23.0 Å². The van der Waals surface area contributed by atoms with E-state index in [1.54, 1.807) is 35.5 Å². The minimum absolute atomic E-state index is 0.0355. The van der Waals surface area contributed by atoms with Gasteiger partial charge in [-0.3, -0.25) is 4.90 Å². The number of ether oxygens (including phenoxy) is 5. The second-order valence-electron chi connectivity index (χ2n) is 6.75. The van der Waals surface area contributed by atoms with Gasteiger partial charge in [0.25, 0.3) is 0 Å². The van der Waals surface area contributed by atoms with E-state index in [0.717, 1.165) is 43.1 Å². The Kier molecular flexibility index (Phi) is 7.06. The van der Waals surface area contributed by atoms with E-state index < -0.39 is 0 Å². The maximum atomic E-state index is 5.75. The van der Waals surface area contributed by atoms with Crippen molar-refractivity contribution in [3.63, 3.8) is 0 Å². The van der Waals surface area contributed by atoms with Crippen molar-refractivity contribution in [2.45, 2.75) is 6.04 Å². The number of hydrogen-bond donors (Lipinski definition) is 1. The highest BCUT2D eigenvalue weighted by Gasteiger charge is 2.29. The first kappa shape index (κ1) is 21.1. The van der Waals surface area contributed by atoms with E-state index in [1.165, 1.54) is 0 Å². The van der Waals surface area contributed by atoms with Gasteiger partial charge in [0.2, 0.25) is 0 Å². The van der Waals surface area contributed by atoms with Gasteiger partial charge in [-0.25, -0.2) is 0 Å². The van der Waals surface area contributed by atoms with Gasteiger partial charge >= 0.3 is 0 Å². The van der Waals surface area contributed by atoms with Crippen LogP contribution in [0.3, 0.4) is 0 Å². The SMILES string of the molecule is COc1ccc(C(c2cc(OC)c(OC)cc2OC)N2CCNCC2)cc1OC. The molecule has 0 spiro atoms. The largest absolute Gasteiger partial charge is 0.496 e. The molecule has 2 aromatic carbocycles. The van der Waals surface area contributed by atoms with Gasteiger partial charge in [-0.15, -0.1) is 0 Å². The van der Waals surface area contributed by atoms with Crippen molar-refractivity contribution in [3.8, 4) is 28.7 Å². The van der Waals surface area contributed by atoms with Gasteiger partial charge in [-0.2, -0.15) is 0 Å². The summed E-state index contributed by atoms with van der Waals surface area (Å²) < 4.78 is 27.8. The first-order chi connectivity index (χ1) is 14.2. The van der Waals surface area contributed by atoms with Crippen LogP contribution in [0.1, 0.15) is 17.2 Å². The predicted octanol–water partition coefficient (Wildman–Crippen LogP) is 2.72. The molecule has 1 aliphatic rings. The molecule has 7 heteroatoms. The van der Waals surface area contributed by atoms with Gasteiger partial charge in [0.05, 0.1) is 41.6 Å². The van der Waals surface area contributed by atoms with Crippen LogP contribution in [0, 0.1) is 0 Å². The summed E-state index contributed by atoms with van der Waals surface area (Å²) in [6, 6.07) is 9.89. The number of rotatable bonds is 8. The summed E-state index contributed by atoms with van der Waals surface area (Å²) >= 11 is 0. The molecule has 0 aliphatic carbocycles. The van der Waals surface area contributed by atoms with Crippen molar-refractivity contribution in [1.82, 2.24) is 10.2 Å². The lowest BCUT2D eigenvalue weighted by atomic mass is 9.94. The average molecular weight is 402 g/mol. The number of methoxy groups -OCH3 is 5. The first-order valence-corrected chi connectivity index (χ1v) is 9.63. The number of benzene rings is 2. The summed E-state index contributed by atoms with van der Waals surface area (Å²) in [6.45, 7) is 3.69. The molecule has 1 saturated heterocycles. The number of nitrogens with one attached hydrogen (secondary N) is 1. The lowest BCUT2D eigenvalue weighted by Crippen LogP contribution is -2.45. The standard InChI is InChI=1S/C22H30N2O5/c1-25-17-7-6-15(12-19(17)27-3)22(24-10-8-23-9-11-24)16-13-20(28-4)21(29-5)14-18(16)26-2/h6-7,12-14,22-23H,8-11H2,1-5H3. The fourth-order valence-electron chi connectivity index (χ4n) is 3.82. The summed E-state index contributed by atoms with van der Waals surface area (Å²) in [5.41, 5.74) is 2.11. The number of hydrogen-bond acceptors (Lipinski definition) is 7. The Balaban J connectivity index is 2.16. The van der Waals surface area contributed by atoms with Crippen molar-refractivity contribution >= 4 is 0 Å². The van der Waals surface area contributed by atoms with Crippen molar-refractivity contribution in [2.24, 2.45) is 0 Å². The van der Waals surface area contributed by atoms with E-state index in [9.17, 15) is 0 Å². The van der Waals surface area contributed by atoms with Gasteiger partial charge < -0.3 is 29.0 Å². The second kappa shape index (κ2) is 9.71. The van der Waals surface area contributed by atoms with Crippen LogP contribution in [0.5, 0.6) is 28.7 Å². The molecule has 0 saturated carbocycles. The lowest BCUT2D eigenvalue weighted by Gasteiger charge is -2.36. The van der Waals surface area contributed by atoms with Crippen LogP contribution in [-0.4, -0.2) is 66.6 Å². The van der Waals surface area contributed by atoms with Crippen molar-refractivity contribution in [1.29, 1.82) is 0 Å². The van der Waals surface area contributed by atoms with Gasteiger partial charge in [0.1, 0.15) is 5.75 Å². The molecule has 1 atom stereocenters. The van der Waals surface area contributed by atoms with Gasteiger partial charge in [-0.1, -0.05) is 6.07 Å². The number of nitrogens with zero attached hydrogens (tertiary/aromatic N) is 1. The van der Waals surface area contributed by atoms with Crippen molar-refractivity contribution in [3.05, 3.63) is 41.5 Å². The highest BCUT2D eigenvalue weighted by atomic mass is 16.5. The van der Waals surface area contributed by atoms with E-state index in [0.29, 0.717) is 23.0 Å².